The van der Waals surface area contributed by atoms with Gasteiger partial charge in [0.15, 0.2) is 0 Å². The summed E-state index contributed by atoms with van der Waals surface area (Å²) in [5.74, 6) is -0.0421. The lowest BCUT2D eigenvalue weighted by atomic mass is 10.2. The molecule has 2 aromatic heterocycles. The highest BCUT2D eigenvalue weighted by atomic mass is 32.1. The van der Waals surface area contributed by atoms with Gasteiger partial charge in [0.2, 0.25) is 0 Å². The predicted molar refractivity (Wildman–Crippen MR) is 77.3 cm³/mol. The average Bonchev–Trinajstić information content (AvgIpc) is 2.81. The normalized spacial score (nSPS) is 12.2. The van der Waals surface area contributed by atoms with Crippen LogP contribution in [0.15, 0.2) is 24.5 Å². The Morgan fingerprint density at radius 3 is 2.95 bits per heavy atom. The van der Waals surface area contributed by atoms with Crippen LogP contribution in [0.1, 0.15) is 35.6 Å². The fourth-order valence-electron chi connectivity index (χ4n) is 1.61. The van der Waals surface area contributed by atoms with Crippen LogP contribution >= 0.6 is 11.3 Å². The van der Waals surface area contributed by atoms with Crippen LogP contribution in [0.5, 0.6) is 0 Å². The number of aryl methyl sites for hydroxylation is 1. The van der Waals surface area contributed by atoms with Crippen molar-refractivity contribution in [1.29, 1.82) is 0 Å². The number of hydrogen-bond donors (Lipinski definition) is 1. The number of aromatic nitrogens is 2. The third-order valence-electron chi connectivity index (χ3n) is 2.90. The molecule has 1 atom stereocenters. The monoisotopic (exact) mass is 275 g/mol. The van der Waals surface area contributed by atoms with Crippen LogP contribution in [0.25, 0.3) is 10.6 Å². The van der Waals surface area contributed by atoms with Crippen LogP contribution in [0.4, 0.5) is 0 Å². The lowest BCUT2D eigenvalue weighted by Crippen LogP contribution is -2.31. The van der Waals surface area contributed by atoms with E-state index in [0.29, 0.717) is 4.88 Å². The van der Waals surface area contributed by atoms with Gasteiger partial charge in [-0.25, -0.2) is 4.98 Å². The molecule has 0 radical (unpaired) electrons. The first kappa shape index (κ1) is 13.7. The quantitative estimate of drug-likeness (QED) is 0.933. The number of pyridine rings is 1. The van der Waals surface area contributed by atoms with Gasteiger partial charge in [-0.15, -0.1) is 11.3 Å². The highest BCUT2D eigenvalue weighted by Crippen LogP contribution is 2.27. The van der Waals surface area contributed by atoms with Crippen molar-refractivity contribution in [3.05, 3.63) is 35.1 Å². The van der Waals surface area contributed by atoms with Gasteiger partial charge in [0.05, 0.1) is 5.69 Å². The second-order valence-corrected chi connectivity index (χ2v) is 5.46. The Balaban J connectivity index is 2.24. The van der Waals surface area contributed by atoms with Gasteiger partial charge >= 0.3 is 0 Å². The second-order valence-electron chi connectivity index (χ2n) is 4.46. The standard InChI is InChI=1S/C14H17N3OS/c1-4-9(2)16-13(18)12-10(3)17-14(19-12)11-6-5-7-15-8-11/h5-9H,4H2,1-3H3,(H,16,18). The number of nitrogens with one attached hydrogen (secondary N) is 1. The lowest BCUT2D eigenvalue weighted by Gasteiger charge is -2.09. The average molecular weight is 275 g/mol. The van der Waals surface area contributed by atoms with Gasteiger partial charge in [-0.3, -0.25) is 9.78 Å². The summed E-state index contributed by atoms with van der Waals surface area (Å²) < 4.78 is 0. The fraction of sp³-hybridized carbons (Fsp3) is 0.357. The highest BCUT2D eigenvalue weighted by molar-refractivity contribution is 7.17. The van der Waals surface area contributed by atoms with E-state index < -0.39 is 0 Å². The molecule has 0 saturated heterocycles. The molecule has 0 aliphatic rings. The zero-order valence-electron chi connectivity index (χ0n) is 11.3. The molecule has 1 amide bonds. The zero-order valence-corrected chi connectivity index (χ0v) is 12.1. The maximum absolute atomic E-state index is 12.1. The number of carbonyl (C=O) groups is 1. The maximum Gasteiger partial charge on any atom is 0.263 e. The smallest absolute Gasteiger partial charge is 0.263 e. The van der Waals surface area contributed by atoms with Crippen molar-refractivity contribution in [2.24, 2.45) is 0 Å². The molecule has 100 valence electrons. The molecule has 0 saturated carbocycles. The molecule has 0 fully saturated rings. The first-order valence-electron chi connectivity index (χ1n) is 6.30. The predicted octanol–water partition coefficient (Wildman–Crippen LogP) is 3.04. The summed E-state index contributed by atoms with van der Waals surface area (Å²) in [6.45, 7) is 5.91. The van der Waals surface area contributed by atoms with Crippen molar-refractivity contribution in [1.82, 2.24) is 15.3 Å². The van der Waals surface area contributed by atoms with E-state index in [4.69, 9.17) is 0 Å². The number of thiazole rings is 1. The minimum absolute atomic E-state index is 0.0421. The minimum Gasteiger partial charge on any atom is -0.349 e. The van der Waals surface area contributed by atoms with Crippen molar-refractivity contribution in [2.75, 3.05) is 0 Å². The number of amides is 1. The van der Waals surface area contributed by atoms with E-state index in [-0.39, 0.29) is 11.9 Å². The van der Waals surface area contributed by atoms with Crippen molar-refractivity contribution in [2.45, 2.75) is 33.2 Å². The zero-order chi connectivity index (χ0) is 13.8. The van der Waals surface area contributed by atoms with Crippen molar-refractivity contribution < 1.29 is 4.79 Å². The summed E-state index contributed by atoms with van der Waals surface area (Å²) in [6, 6.07) is 3.99. The molecule has 2 rings (SSSR count). The summed E-state index contributed by atoms with van der Waals surface area (Å²) in [7, 11) is 0. The van der Waals surface area contributed by atoms with Crippen LogP contribution in [-0.2, 0) is 0 Å². The van der Waals surface area contributed by atoms with Gasteiger partial charge in [-0.05, 0) is 32.4 Å². The molecule has 0 spiro atoms. The van der Waals surface area contributed by atoms with Gasteiger partial charge in [0, 0.05) is 24.0 Å². The fourth-order valence-corrected chi connectivity index (χ4v) is 2.57. The van der Waals surface area contributed by atoms with Gasteiger partial charge in [-0.2, -0.15) is 0 Å². The van der Waals surface area contributed by atoms with Gasteiger partial charge in [0.25, 0.3) is 5.91 Å². The second kappa shape index (κ2) is 5.93. The molecular weight excluding hydrogens is 258 g/mol. The van der Waals surface area contributed by atoms with E-state index in [2.05, 4.69) is 15.3 Å². The van der Waals surface area contributed by atoms with Crippen LogP contribution in [-0.4, -0.2) is 21.9 Å². The molecule has 0 bridgehead atoms. The minimum atomic E-state index is -0.0421. The first-order chi connectivity index (χ1) is 9.11. The Kier molecular flexibility index (Phi) is 4.27. The van der Waals surface area contributed by atoms with E-state index in [9.17, 15) is 4.79 Å². The van der Waals surface area contributed by atoms with Crippen LogP contribution in [0.3, 0.4) is 0 Å². The largest absolute Gasteiger partial charge is 0.349 e. The van der Waals surface area contributed by atoms with Crippen LogP contribution in [0.2, 0.25) is 0 Å². The molecule has 1 unspecified atom stereocenters. The Morgan fingerprint density at radius 1 is 1.53 bits per heavy atom. The third kappa shape index (κ3) is 3.17. The number of carbonyl (C=O) groups excluding carboxylic acids is 1. The van der Waals surface area contributed by atoms with E-state index in [1.165, 1.54) is 11.3 Å². The van der Waals surface area contributed by atoms with Crippen LogP contribution in [0, 0.1) is 6.92 Å². The summed E-state index contributed by atoms with van der Waals surface area (Å²) in [4.78, 5) is 21.3. The number of rotatable bonds is 4. The lowest BCUT2D eigenvalue weighted by molar-refractivity contribution is 0.0942. The molecular formula is C14H17N3OS. The van der Waals surface area contributed by atoms with Crippen LogP contribution < -0.4 is 5.32 Å². The molecule has 1 N–H and O–H groups in total. The Labute approximate surface area is 116 Å². The first-order valence-corrected chi connectivity index (χ1v) is 7.12. The van der Waals surface area contributed by atoms with Crippen molar-refractivity contribution >= 4 is 17.2 Å². The number of nitrogens with zero attached hydrogens (tertiary/aromatic N) is 2. The molecule has 0 aliphatic carbocycles. The molecule has 5 heteroatoms. The number of hydrogen-bond acceptors (Lipinski definition) is 4. The van der Waals surface area contributed by atoms with E-state index in [1.54, 1.807) is 12.4 Å². The van der Waals surface area contributed by atoms with E-state index in [1.807, 2.05) is 32.9 Å². The molecule has 4 nitrogen and oxygen atoms in total. The summed E-state index contributed by atoms with van der Waals surface area (Å²) >= 11 is 1.41. The Morgan fingerprint density at radius 2 is 2.32 bits per heavy atom. The molecule has 2 heterocycles. The maximum atomic E-state index is 12.1. The van der Waals surface area contributed by atoms with Gasteiger partial charge in [-0.1, -0.05) is 6.92 Å². The summed E-state index contributed by atoms with van der Waals surface area (Å²) in [5.41, 5.74) is 1.71. The van der Waals surface area contributed by atoms with Crippen molar-refractivity contribution in [3.8, 4) is 10.6 Å². The molecule has 19 heavy (non-hydrogen) atoms. The highest BCUT2D eigenvalue weighted by Gasteiger charge is 2.17. The Bertz CT molecular complexity index is 565. The molecule has 0 aromatic carbocycles. The molecule has 2 aromatic rings. The Hall–Kier alpha value is -1.75. The topological polar surface area (TPSA) is 54.9 Å². The van der Waals surface area contributed by atoms with Gasteiger partial charge in [0.1, 0.15) is 9.88 Å². The van der Waals surface area contributed by atoms with Gasteiger partial charge < -0.3 is 5.32 Å². The summed E-state index contributed by atoms with van der Waals surface area (Å²) in [6.07, 6.45) is 4.40. The van der Waals surface area contributed by atoms with E-state index >= 15 is 0 Å². The van der Waals surface area contributed by atoms with E-state index in [0.717, 1.165) is 22.7 Å². The SMILES string of the molecule is CCC(C)NC(=O)c1sc(-c2cccnc2)nc1C. The molecule has 0 aliphatic heterocycles. The summed E-state index contributed by atoms with van der Waals surface area (Å²) in [5, 5.41) is 3.80. The third-order valence-corrected chi connectivity index (χ3v) is 4.11. The van der Waals surface area contributed by atoms with Crippen molar-refractivity contribution in [3.63, 3.8) is 0 Å².